The topological polar surface area (TPSA) is 66.8 Å². The summed E-state index contributed by atoms with van der Waals surface area (Å²) in [6, 6.07) is 0. The summed E-state index contributed by atoms with van der Waals surface area (Å²) in [6.07, 6.45) is 4.87. The molecule has 1 N–H and O–H groups in total. The van der Waals surface area contributed by atoms with Gasteiger partial charge in [-0.25, -0.2) is 0 Å². The highest BCUT2D eigenvalue weighted by Gasteiger charge is 2.68. The van der Waals surface area contributed by atoms with Gasteiger partial charge in [0.15, 0.2) is 0 Å². The van der Waals surface area contributed by atoms with Gasteiger partial charge in [-0.15, -0.1) is 18.3 Å². The first-order chi connectivity index (χ1) is 16.0. The number of rotatable bonds is 9. The van der Waals surface area contributed by atoms with E-state index in [2.05, 4.69) is 39.2 Å². The van der Waals surface area contributed by atoms with Crippen LogP contribution in [0.25, 0.3) is 0 Å². The number of ether oxygens (including phenoxy) is 1. The van der Waals surface area contributed by atoms with Crippen molar-refractivity contribution in [3.05, 3.63) is 12.7 Å². The van der Waals surface area contributed by atoms with Crippen molar-refractivity contribution in [3.63, 3.8) is 0 Å². The number of aliphatic hydroxyl groups excluding tert-OH is 1. The minimum atomic E-state index is -0.779. The summed E-state index contributed by atoms with van der Waals surface area (Å²) in [6.45, 7) is 19.8. The molecule has 0 aromatic heterocycles. The lowest BCUT2D eigenvalue weighted by Gasteiger charge is -2.62. The van der Waals surface area contributed by atoms with E-state index in [1.54, 1.807) is 17.8 Å². The summed E-state index contributed by atoms with van der Waals surface area (Å²) in [5.74, 6) is 1.30. The van der Waals surface area contributed by atoms with Crippen molar-refractivity contribution in [3.8, 4) is 0 Å². The van der Waals surface area contributed by atoms with E-state index in [9.17, 15) is 14.7 Å². The third-order valence-electron chi connectivity index (χ3n) is 10.2. The molecule has 8 atom stereocenters. The van der Waals surface area contributed by atoms with Gasteiger partial charge in [-0.3, -0.25) is 9.59 Å². The van der Waals surface area contributed by atoms with E-state index >= 15 is 0 Å². The molecule has 6 heteroatoms. The molecule has 3 fully saturated rings. The van der Waals surface area contributed by atoms with Crippen LogP contribution in [-0.2, 0) is 14.3 Å². The van der Waals surface area contributed by atoms with E-state index in [1.165, 1.54) is 0 Å². The molecule has 0 saturated heterocycles. The van der Waals surface area contributed by atoms with Crippen LogP contribution in [0.4, 0.5) is 0 Å². The maximum atomic E-state index is 13.9. The van der Waals surface area contributed by atoms with Crippen molar-refractivity contribution < 1.29 is 19.4 Å². The molecule has 0 spiro atoms. The molecule has 0 unspecified atom stereocenters. The average molecular weight is 494 g/mol. The zero-order valence-electron chi connectivity index (χ0n) is 22.3. The molecule has 3 aliphatic rings. The quantitative estimate of drug-likeness (QED) is 0.278. The van der Waals surface area contributed by atoms with Crippen LogP contribution >= 0.6 is 11.8 Å². The third kappa shape index (κ3) is 4.52. The number of thioether (sulfide) groups is 1. The Balaban J connectivity index is 1.88. The van der Waals surface area contributed by atoms with Gasteiger partial charge in [0.25, 0.3) is 0 Å². The molecule has 0 aromatic rings. The number of hydrogen-bond acceptors (Lipinski definition) is 6. The summed E-state index contributed by atoms with van der Waals surface area (Å²) < 4.78 is 6.31. The van der Waals surface area contributed by atoms with E-state index in [-0.39, 0.29) is 41.0 Å². The molecule has 3 aliphatic carbocycles. The molecule has 34 heavy (non-hydrogen) atoms. The summed E-state index contributed by atoms with van der Waals surface area (Å²) in [5, 5.41) is 11.4. The van der Waals surface area contributed by atoms with Crippen LogP contribution in [0.15, 0.2) is 12.7 Å². The smallest absolute Gasteiger partial charge is 0.316 e. The standard InChI is InChI=1S/C28H47NO4S/c1-8-26(6)17-23(33-24(31)18-34-15-14-29(9-2)10-3)27(7)19(4)16-22(30)28(20(5)25(26)32)13-11-12-21(27)28/h8,19-23,30H,1,9-18H2,2-7H3/t19-,20+,21+,22-,23-,26-,27-,28-/m1/s1. The molecular weight excluding hydrogens is 446 g/mol. The maximum absolute atomic E-state index is 13.9. The molecule has 0 amide bonds. The van der Waals surface area contributed by atoms with E-state index < -0.39 is 16.9 Å². The highest BCUT2D eigenvalue weighted by Crippen LogP contribution is 2.68. The number of aliphatic hydroxyl groups is 1. The van der Waals surface area contributed by atoms with E-state index in [4.69, 9.17) is 4.74 Å². The first-order valence-electron chi connectivity index (χ1n) is 13.4. The Morgan fingerprint density at radius 2 is 1.97 bits per heavy atom. The molecule has 194 valence electrons. The number of ketones is 1. The van der Waals surface area contributed by atoms with Crippen LogP contribution in [0.1, 0.15) is 73.6 Å². The summed E-state index contributed by atoms with van der Waals surface area (Å²) in [7, 11) is 0. The van der Waals surface area contributed by atoms with Crippen LogP contribution < -0.4 is 0 Å². The van der Waals surface area contributed by atoms with E-state index in [0.717, 1.165) is 44.6 Å². The Morgan fingerprint density at radius 3 is 2.59 bits per heavy atom. The fraction of sp³-hybridized carbons (Fsp3) is 0.857. The van der Waals surface area contributed by atoms with Crippen molar-refractivity contribution in [1.82, 2.24) is 4.90 Å². The van der Waals surface area contributed by atoms with Crippen LogP contribution in [-0.4, -0.2) is 65.1 Å². The highest BCUT2D eigenvalue weighted by molar-refractivity contribution is 7.99. The van der Waals surface area contributed by atoms with Gasteiger partial charge < -0.3 is 14.7 Å². The predicted molar refractivity (Wildman–Crippen MR) is 140 cm³/mol. The SMILES string of the molecule is C=C[C@]1(C)C[C@@H](OC(=O)CSCCN(CC)CC)[C@]2(C)[C@H](C)C[C@@H](O)[C@]3(CCC[C@@H]23)[C@@H](C)C1=O. The fourth-order valence-corrected chi connectivity index (χ4v) is 8.49. The Hall–Kier alpha value is -0.850. The lowest BCUT2D eigenvalue weighted by Crippen LogP contribution is -2.65. The largest absolute Gasteiger partial charge is 0.461 e. The Morgan fingerprint density at radius 1 is 1.29 bits per heavy atom. The van der Waals surface area contributed by atoms with Gasteiger partial charge in [-0.05, 0) is 51.1 Å². The number of nitrogens with zero attached hydrogens (tertiary/aromatic N) is 1. The monoisotopic (exact) mass is 493 g/mol. The fourth-order valence-electron chi connectivity index (χ4n) is 7.72. The van der Waals surface area contributed by atoms with Crippen molar-refractivity contribution in [2.75, 3.05) is 31.1 Å². The molecule has 0 aliphatic heterocycles. The lowest BCUT2D eigenvalue weighted by atomic mass is 9.43. The van der Waals surface area contributed by atoms with Gasteiger partial charge >= 0.3 is 5.97 Å². The molecule has 0 aromatic carbocycles. The number of Topliss-reactive ketones (excluding diaryl/α,β-unsaturated/α-hetero) is 1. The zero-order chi connectivity index (χ0) is 25.3. The molecule has 0 radical (unpaired) electrons. The molecule has 0 heterocycles. The predicted octanol–water partition coefficient (Wildman–Crippen LogP) is 4.97. The van der Waals surface area contributed by atoms with Gasteiger partial charge in [0.1, 0.15) is 11.9 Å². The number of esters is 1. The lowest BCUT2D eigenvalue weighted by molar-refractivity contribution is -0.214. The zero-order valence-corrected chi connectivity index (χ0v) is 23.1. The molecule has 5 nitrogen and oxygen atoms in total. The Bertz CT molecular complexity index is 770. The Labute approximate surface area is 211 Å². The first-order valence-corrected chi connectivity index (χ1v) is 14.5. The molecule has 3 rings (SSSR count). The Kier molecular flexibility index (Phi) is 8.68. The number of carbonyl (C=O) groups excluding carboxylic acids is 2. The first kappa shape index (κ1) is 27.7. The number of carbonyl (C=O) groups is 2. The highest BCUT2D eigenvalue weighted by atomic mass is 32.2. The summed E-state index contributed by atoms with van der Waals surface area (Å²) in [5.41, 5.74) is -1.50. The van der Waals surface area contributed by atoms with Crippen LogP contribution in [0.5, 0.6) is 0 Å². The van der Waals surface area contributed by atoms with Gasteiger partial charge in [0.2, 0.25) is 0 Å². The second-order valence-corrected chi connectivity index (χ2v) is 12.7. The normalized spacial score (nSPS) is 42.1. The molecular formula is C28H47NO4S. The third-order valence-corrected chi connectivity index (χ3v) is 11.1. The van der Waals surface area contributed by atoms with Crippen molar-refractivity contribution in [1.29, 1.82) is 0 Å². The number of hydrogen-bond donors (Lipinski definition) is 1. The molecule has 2 bridgehead atoms. The van der Waals surface area contributed by atoms with Gasteiger partial charge in [0.05, 0.1) is 11.9 Å². The minimum absolute atomic E-state index is 0.139. The summed E-state index contributed by atoms with van der Waals surface area (Å²) >= 11 is 1.62. The second kappa shape index (κ2) is 10.6. The second-order valence-electron chi connectivity index (χ2n) is 11.5. The average Bonchev–Trinajstić information content (AvgIpc) is 3.28. The van der Waals surface area contributed by atoms with E-state index in [0.29, 0.717) is 18.6 Å². The van der Waals surface area contributed by atoms with Crippen LogP contribution in [0, 0.1) is 34.0 Å². The van der Waals surface area contributed by atoms with Crippen LogP contribution in [0.3, 0.4) is 0 Å². The number of allylic oxidation sites excluding steroid dienone is 1. The van der Waals surface area contributed by atoms with Crippen molar-refractivity contribution in [2.45, 2.75) is 85.9 Å². The van der Waals surface area contributed by atoms with Gasteiger partial charge in [-0.1, -0.05) is 47.1 Å². The van der Waals surface area contributed by atoms with Crippen molar-refractivity contribution >= 4 is 23.5 Å². The minimum Gasteiger partial charge on any atom is -0.461 e. The van der Waals surface area contributed by atoms with Crippen LogP contribution in [0.2, 0.25) is 0 Å². The van der Waals surface area contributed by atoms with Crippen molar-refractivity contribution in [2.24, 2.45) is 34.0 Å². The van der Waals surface area contributed by atoms with E-state index in [1.807, 2.05) is 13.8 Å². The molecule has 3 saturated carbocycles. The summed E-state index contributed by atoms with van der Waals surface area (Å²) in [4.78, 5) is 29.3. The van der Waals surface area contributed by atoms with Gasteiger partial charge in [0, 0.05) is 40.9 Å². The maximum Gasteiger partial charge on any atom is 0.316 e. The van der Waals surface area contributed by atoms with Gasteiger partial charge in [-0.2, -0.15) is 0 Å².